The fourth-order valence-corrected chi connectivity index (χ4v) is 4.43. The van der Waals surface area contributed by atoms with Crippen LogP contribution in [0.4, 0.5) is 0 Å². The Morgan fingerprint density at radius 3 is 2.76 bits per heavy atom. The van der Waals surface area contributed by atoms with Crippen molar-refractivity contribution in [2.45, 2.75) is 46.0 Å². The van der Waals surface area contributed by atoms with Gasteiger partial charge in [0, 0.05) is 12.8 Å². The van der Waals surface area contributed by atoms with Gasteiger partial charge in [-0.25, -0.2) is 0 Å². The average Bonchev–Trinajstić information content (AvgIpc) is 2.50. The van der Waals surface area contributed by atoms with Crippen molar-refractivity contribution < 1.29 is 14.7 Å². The van der Waals surface area contributed by atoms with E-state index in [1.54, 1.807) is 0 Å². The second-order valence-corrected chi connectivity index (χ2v) is 6.85. The molecule has 0 spiro atoms. The van der Waals surface area contributed by atoms with Crippen molar-refractivity contribution in [2.75, 3.05) is 18.1 Å². The summed E-state index contributed by atoms with van der Waals surface area (Å²) in [4.78, 5) is 17.5. The fraction of sp³-hybridized carbons (Fsp3) is 0.750. The van der Waals surface area contributed by atoms with Crippen LogP contribution in [0.3, 0.4) is 0 Å². The lowest BCUT2D eigenvalue weighted by Crippen LogP contribution is -2.30. The predicted molar refractivity (Wildman–Crippen MR) is 86.8 cm³/mol. The van der Waals surface area contributed by atoms with E-state index in [0.717, 1.165) is 5.75 Å². The first kappa shape index (κ1) is 16.4. The third-order valence-electron chi connectivity index (χ3n) is 4.26. The van der Waals surface area contributed by atoms with Crippen molar-refractivity contribution in [1.29, 1.82) is 0 Å². The maximum absolute atomic E-state index is 12.5. The van der Waals surface area contributed by atoms with Crippen LogP contribution < -0.4 is 0 Å². The maximum atomic E-state index is 12.5. The molecule has 0 saturated carbocycles. The van der Waals surface area contributed by atoms with E-state index in [2.05, 4.69) is 5.16 Å². The first-order chi connectivity index (χ1) is 10.2. The molecule has 0 aromatic rings. The molecule has 1 fully saturated rings. The Balaban J connectivity index is 2.14. The van der Waals surface area contributed by atoms with Crippen LogP contribution in [0.2, 0.25) is 0 Å². The highest BCUT2D eigenvalue weighted by atomic mass is 32.2. The molecule has 0 aromatic carbocycles. The van der Waals surface area contributed by atoms with Gasteiger partial charge in [0.2, 0.25) is 0 Å². The highest BCUT2D eigenvalue weighted by molar-refractivity contribution is 7.99. The van der Waals surface area contributed by atoms with Crippen molar-refractivity contribution >= 4 is 23.3 Å². The molecule has 2 aliphatic rings. The lowest BCUT2D eigenvalue weighted by atomic mass is 9.77. The Bertz CT molecular complexity index is 439. The van der Waals surface area contributed by atoms with Crippen molar-refractivity contribution in [2.24, 2.45) is 17.0 Å². The molecule has 0 bridgehead atoms. The summed E-state index contributed by atoms with van der Waals surface area (Å²) in [6, 6.07) is 0. The van der Waals surface area contributed by atoms with E-state index in [1.165, 1.54) is 18.6 Å². The van der Waals surface area contributed by atoms with Crippen LogP contribution in [0.1, 0.15) is 46.0 Å². The van der Waals surface area contributed by atoms with Crippen molar-refractivity contribution in [3.05, 3.63) is 11.3 Å². The molecule has 2 unspecified atom stereocenters. The highest BCUT2D eigenvalue weighted by Gasteiger charge is 2.34. The van der Waals surface area contributed by atoms with Gasteiger partial charge in [-0.2, -0.15) is 11.8 Å². The van der Waals surface area contributed by atoms with Gasteiger partial charge in [-0.3, -0.25) is 4.79 Å². The van der Waals surface area contributed by atoms with E-state index in [-0.39, 0.29) is 11.5 Å². The number of nitrogens with zero attached hydrogens (tertiary/aromatic N) is 1. The van der Waals surface area contributed by atoms with Gasteiger partial charge >= 0.3 is 0 Å². The highest BCUT2D eigenvalue weighted by Crippen LogP contribution is 2.38. The Kier molecular flexibility index (Phi) is 6.15. The molecule has 1 aliphatic heterocycles. The molecular formula is C16H25NO3S. The first-order valence-electron chi connectivity index (χ1n) is 7.89. The molecule has 1 heterocycles. The summed E-state index contributed by atoms with van der Waals surface area (Å²) in [6.45, 7) is 4.24. The summed E-state index contributed by atoms with van der Waals surface area (Å²) in [7, 11) is 0. The molecule has 1 saturated heterocycles. The molecule has 0 amide bonds. The quantitative estimate of drug-likeness (QED) is 0.621. The number of aliphatic hydroxyl groups excluding tert-OH is 1. The number of ketones is 1. The zero-order chi connectivity index (χ0) is 15.2. The molecule has 1 N–H and O–H groups in total. The zero-order valence-corrected chi connectivity index (χ0v) is 13.7. The van der Waals surface area contributed by atoms with Crippen LogP contribution >= 0.6 is 11.8 Å². The molecule has 21 heavy (non-hydrogen) atoms. The van der Waals surface area contributed by atoms with Gasteiger partial charge in [-0.15, -0.1) is 0 Å². The predicted octanol–water partition coefficient (Wildman–Crippen LogP) is 3.72. The normalized spacial score (nSPS) is 27.9. The number of aliphatic hydroxyl groups is 1. The Hall–Kier alpha value is -0.970. The molecular weight excluding hydrogens is 286 g/mol. The largest absolute Gasteiger partial charge is 0.511 e. The Morgan fingerprint density at radius 2 is 2.19 bits per heavy atom. The van der Waals surface area contributed by atoms with Crippen LogP contribution in [-0.4, -0.2) is 34.7 Å². The number of thioether (sulfide) groups is 1. The van der Waals surface area contributed by atoms with Crippen molar-refractivity contribution in [3.8, 4) is 0 Å². The van der Waals surface area contributed by atoms with Gasteiger partial charge in [-0.05, 0) is 49.5 Å². The number of oxime groups is 1. The Labute approximate surface area is 131 Å². The number of rotatable bonds is 5. The van der Waals surface area contributed by atoms with Crippen LogP contribution in [0.5, 0.6) is 0 Å². The minimum absolute atomic E-state index is 0.0274. The van der Waals surface area contributed by atoms with Gasteiger partial charge in [0.25, 0.3) is 0 Å². The summed E-state index contributed by atoms with van der Waals surface area (Å²) in [5.41, 5.74) is 0.987. The number of allylic oxidation sites excluding steroid dienone is 2. The topological polar surface area (TPSA) is 58.9 Å². The lowest BCUT2D eigenvalue weighted by Gasteiger charge is -2.32. The second-order valence-electron chi connectivity index (χ2n) is 5.70. The number of Topliss-reactive ketones (excluding diaryl/α,β-unsaturated/α-hetero) is 1. The number of hydrogen-bond acceptors (Lipinski definition) is 5. The van der Waals surface area contributed by atoms with Gasteiger partial charge in [0.1, 0.15) is 12.4 Å². The van der Waals surface area contributed by atoms with E-state index in [1.807, 2.05) is 25.6 Å². The van der Waals surface area contributed by atoms with Gasteiger partial charge < -0.3 is 9.94 Å². The van der Waals surface area contributed by atoms with Crippen LogP contribution in [0, 0.1) is 11.8 Å². The fourth-order valence-electron chi connectivity index (χ4n) is 3.15. The van der Waals surface area contributed by atoms with E-state index in [9.17, 15) is 9.90 Å². The zero-order valence-electron chi connectivity index (χ0n) is 12.9. The van der Waals surface area contributed by atoms with E-state index >= 15 is 0 Å². The summed E-state index contributed by atoms with van der Waals surface area (Å²) in [6.07, 6.45) is 4.15. The number of hydrogen-bond donors (Lipinski definition) is 1. The van der Waals surface area contributed by atoms with E-state index < -0.39 is 0 Å². The Morgan fingerprint density at radius 1 is 1.38 bits per heavy atom. The minimum Gasteiger partial charge on any atom is -0.511 e. The number of carbonyl (C=O) groups is 1. The summed E-state index contributed by atoms with van der Waals surface area (Å²) in [5.74, 6) is 3.44. The third kappa shape index (κ3) is 4.02. The summed E-state index contributed by atoms with van der Waals surface area (Å²) >= 11 is 1.97. The standard InChI is InChI=1S/C16H25NO3S/c1-3-13(17-20-4-2)16-14(18)8-12(9-15(16)19)11-6-5-7-21-10-11/h11-12,18H,3-10H2,1-2H3. The maximum Gasteiger partial charge on any atom is 0.168 e. The molecule has 4 nitrogen and oxygen atoms in total. The van der Waals surface area contributed by atoms with E-state index in [4.69, 9.17) is 4.84 Å². The SMILES string of the molecule is CCON=C(CC)C1=C(O)CC(C2CCCSC2)CC1=O. The monoisotopic (exact) mass is 311 g/mol. The number of carbonyl (C=O) groups excluding carboxylic acids is 1. The molecule has 1 aliphatic carbocycles. The molecule has 0 aromatic heterocycles. The smallest absolute Gasteiger partial charge is 0.168 e. The minimum atomic E-state index is 0.0274. The average molecular weight is 311 g/mol. The summed E-state index contributed by atoms with van der Waals surface area (Å²) < 4.78 is 0. The second kappa shape index (κ2) is 7.87. The van der Waals surface area contributed by atoms with Crippen LogP contribution in [0.25, 0.3) is 0 Å². The molecule has 118 valence electrons. The molecule has 2 atom stereocenters. The molecule has 0 radical (unpaired) electrons. The van der Waals surface area contributed by atoms with Crippen molar-refractivity contribution in [3.63, 3.8) is 0 Å². The molecule has 2 rings (SSSR count). The van der Waals surface area contributed by atoms with Crippen LogP contribution in [0.15, 0.2) is 16.5 Å². The molecule has 5 heteroatoms. The van der Waals surface area contributed by atoms with Crippen LogP contribution in [-0.2, 0) is 9.63 Å². The van der Waals surface area contributed by atoms with Crippen molar-refractivity contribution in [1.82, 2.24) is 0 Å². The van der Waals surface area contributed by atoms with Gasteiger partial charge in [-0.1, -0.05) is 12.1 Å². The van der Waals surface area contributed by atoms with Gasteiger partial charge in [0.05, 0.1) is 11.3 Å². The van der Waals surface area contributed by atoms with Gasteiger partial charge in [0.15, 0.2) is 5.78 Å². The summed E-state index contributed by atoms with van der Waals surface area (Å²) in [5, 5.41) is 14.4. The lowest BCUT2D eigenvalue weighted by molar-refractivity contribution is -0.117. The van der Waals surface area contributed by atoms with E-state index in [0.29, 0.717) is 49.0 Å². The third-order valence-corrected chi connectivity index (χ3v) is 5.50. The first-order valence-corrected chi connectivity index (χ1v) is 9.05.